The highest BCUT2D eigenvalue weighted by Crippen LogP contribution is 2.30. The van der Waals surface area contributed by atoms with Gasteiger partial charge in [0.2, 0.25) is 0 Å². The summed E-state index contributed by atoms with van der Waals surface area (Å²) in [4.78, 5) is 6.70. The number of benzene rings is 1. The first-order valence-electron chi connectivity index (χ1n) is 7.05. The average molecular weight is 272 g/mol. The van der Waals surface area contributed by atoms with Crippen LogP contribution in [0.4, 0.5) is 5.82 Å². The Balaban J connectivity index is 1.99. The van der Waals surface area contributed by atoms with Gasteiger partial charge in [-0.1, -0.05) is 6.92 Å². The fourth-order valence-corrected chi connectivity index (χ4v) is 2.76. The molecule has 1 N–H and O–H groups in total. The molecule has 106 valence electrons. The summed E-state index contributed by atoms with van der Waals surface area (Å²) in [7, 11) is 1.67. The summed E-state index contributed by atoms with van der Waals surface area (Å²) in [5, 5.41) is 12.3. The summed E-state index contributed by atoms with van der Waals surface area (Å²) in [6, 6.07) is 8.01. The molecule has 2 unspecified atom stereocenters. The van der Waals surface area contributed by atoms with Gasteiger partial charge >= 0.3 is 0 Å². The van der Waals surface area contributed by atoms with Gasteiger partial charge < -0.3 is 14.7 Å². The Hall–Kier alpha value is -1.81. The predicted octanol–water partition coefficient (Wildman–Crippen LogP) is 2.45. The zero-order valence-corrected chi connectivity index (χ0v) is 11.9. The van der Waals surface area contributed by atoms with E-state index in [1.54, 1.807) is 7.11 Å². The van der Waals surface area contributed by atoms with Gasteiger partial charge in [0.05, 0.1) is 13.2 Å². The number of hydrogen-bond donors (Lipinski definition) is 1. The second-order valence-electron chi connectivity index (χ2n) is 5.50. The summed E-state index contributed by atoms with van der Waals surface area (Å²) >= 11 is 0. The number of fused-ring (bicyclic) bond motifs is 1. The molecule has 1 aromatic carbocycles. The lowest BCUT2D eigenvalue weighted by Gasteiger charge is -2.35. The first kappa shape index (κ1) is 13.2. The van der Waals surface area contributed by atoms with Crippen molar-refractivity contribution in [3.8, 4) is 5.75 Å². The number of piperidine rings is 1. The second-order valence-corrected chi connectivity index (χ2v) is 5.50. The Morgan fingerprint density at radius 2 is 2.20 bits per heavy atom. The van der Waals surface area contributed by atoms with Gasteiger partial charge in [0.1, 0.15) is 11.6 Å². The van der Waals surface area contributed by atoms with Crippen LogP contribution < -0.4 is 9.64 Å². The standard InChI is InChI=1S/C16H20N2O2/c1-11-6-8-18(10-15(11)19)16-14-4-3-13(20-2)9-12(14)5-7-17-16/h3-5,7,9,11,15,19H,6,8,10H2,1-2H3. The molecule has 4 nitrogen and oxygen atoms in total. The van der Waals surface area contributed by atoms with Gasteiger partial charge in [0, 0.05) is 24.7 Å². The van der Waals surface area contributed by atoms with E-state index >= 15 is 0 Å². The van der Waals surface area contributed by atoms with E-state index in [9.17, 15) is 5.11 Å². The molecular weight excluding hydrogens is 252 g/mol. The van der Waals surface area contributed by atoms with Crippen molar-refractivity contribution in [3.05, 3.63) is 30.5 Å². The maximum Gasteiger partial charge on any atom is 0.136 e. The predicted molar refractivity (Wildman–Crippen MR) is 80.3 cm³/mol. The van der Waals surface area contributed by atoms with E-state index in [2.05, 4.69) is 16.8 Å². The number of ether oxygens (including phenoxy) is 1. The maximum atomic E-state index is 10.1. The lowest BCUT2D eigenvalue weighted by molar-refractivity contribution is 0.103. The van der Waals surface area contributed by atoms with Crippen molar-refractivity contribution in [3.63, 3.8) is 0 Å². The van der Waals surface area contributed by atoms with Crippen molar-refractivity contribution in [2.45, 2.75) is 19.4 Å². The van der Waals surface area contributed by atoms with Gasteiger partial charge in [0.15, 0.2) is 0 Å². The quantitative estimate of drug-likeness (QED) is 0.912. The van der Waals surface area contributed by atoms with Crippen LogP contribution in [0.2, 0.25) is 0 Å². The van der Waals surface area contributed by atoms with E-state index < -0.39 is 0 Å². The van der Waals surface area contributed by atoms with Gasteiger partial charge in [0.25, 0.3) is 0 Å². The van der Waals surface area contributed by atoms with Crippen molar-refractivity contribution in [1.29, 1.82) is 0 Å². The third kappa shape index (κ3) is 2.31. The zero-order valence-electron chi connectivity index (χ0n) is 11.9. The van der Waals surface area contributed by atoms with Crippen LogP contribution in [0.25, 0.3) is 10.8 Å². The smallest absolute Gasteiger partial charge is 0.136 e. The second kappa shape index (κ2) is 5.29. The number of nitrogens with zero attached hydrogens (tertiary/aromatic N) is 2. The number of β-amino-alcohol motifs (C(OH)–C–C–N with tert-alkyl or cyclic N) is 1. The third-order valence-electron chi connectivity index (χ3n) is 4.17. The highest BCUT2D eigenvalue weighted by Gasteiger charge is 2.25. The van der Waals surface area contributed by atoms with Crippen molar-refractivity contribution < 1.29 is 9.84 Å². The number of rotatable bonds is 2. The SMILES string of the molecule is COc1ccc2c(N3CCC(C)C(O)C3)nccc2c1. The van der Waals surface area contributed by atoms with Gasteiger partial charge in [-0.3, -0.25) is 0 Å². The molecule has 1 aliphatic heterocycles. The third-order valence-corrected chi connectivity index (χ3v) is 4.17. The van der Waals surface area contributed by atoms with Crippen molar-refractivity contribution in [2.75, 3.05) is 25.1 Å². The summed E-state index contributed by atoms with van der Waals surface area (Å²) in [5.74, 6) is 2.17. The Morgan fingerprint density at radius 3 is 2.95 bits per heavy atom. The topological polar surface area (TPSA) is 45.6 Å². The van der Waals surface area contributed by atoms with Crippen molar-refractivity contribution in [1.82, 2.24) is 4.98 Å². The molecule has 1 saturated heterocycles. The Kier molecular flexibility index (Phi) is 3.49. The monoisotopic (exact) mass is 272 g/mol. The van der Waals surface area contributed by atoms with E-state index in [-0.39, 0.29) is 6.10 Å². The molecule has 2 atom stereocenters. The molecule has 4 heteroatoms. The molecule has 2 aromatic rings. The molecule has 3 rings (SSSR count). The molecule has 0 radical (unpaired) electrons. The lowest BCUT2D eigenvalue weighted by Crippen LogP contribution is -2.43. The summed E-state index contributed by atoms with van der Waals surface area (Å²) in [6.07, 6.45) is 2.54. The maximum absolute atomic E-state index is 10.1. The van der Waals surface area contributed by atoms with Crippen LogP contribution >= 0.6 is 0 Å². The number of hydrogen-bond acceptors (Lipinski definition) is 4. The Bertz CT molecular complexity index is 614. The molecule has 0 bridgehead atoms. The Labute approximate surface area is 119 Å². The van der Waals surface area contributed by atoms with Gasteiger partial charge in [-0.15, -0.1) is 0 Å². The fourth-order valence-electron chi connectivity index (χ4n) is 2.76. The van der Waals surface area contributed by atoms with Crippen LogP contribution in [0.3, 0.4) is 0 Å². The van der Waals surface area contributed by atoms with Crippen LogP contribution in [0.1, 0.15) is 13.3 Å². The van der Waals surface area contributed by atoms with E-state index in [1.807, 2.05) is 30.5 Å². The van der Waals surface area contributed by atoms with E-state index in [0.29, 0.717) is 12.5 Å². The van der Waals surface area contributed by atoms with Crippen LogP contribution in [0.5, 0.6) is 5.75 Å². The normalized spacial score (nSPS) is 23.1. The summed E-state index contributed by atoms with van der Waals surface area (Å²) < 4.78 is 5.26. The number of aromatic nitrogens is 1. The molecule has 1 aromatic heterocycles. The summed E-state index contributed by atoms with van der Waals surface area (Å²) in [6.45, 7) is 3.69. The molecule has 20 heavy (non-hydrogen) atoms. The van der Waals surface area contributed by atoms with Gasteiger partial charge in [-0.05, 0) is 42.0 Å². The molecule has 2 heterocycles. The zero-order chi connectivity index (χ0) is 14.1. The van der Waals surface area contributed by atoms with Crippen molar-refractivity contribution >= 4 is 16.6 Å². The minimum absolute atomic E-state index is 0.279. The number of pyridine rings is 1. The van der Waals surface area contributed by atoms with E-state index in [0.717, 1.165) is 35.3 Å². The summed E-state index contributed by atoms with van der Waals surface area (Å²) in [5.41, 5.74) is 0. The average Bonchev–Trinajstić information content (AvgIpc) is 2.49. The van der Waals surface area contributed by atoms with E-state index in [4.69, 9.17) is 4.74 Å². The number of anilines is 1. The molecule has 1 fully saturated rings. The highest BCUT2D eigenvalue weighted by atomic mass is 16.5. The number of methoxy groups -OCH3 is 1. The number of aliphatic hydroxyl groups is 1. The van der Waals surface area contributed by atoms with Crippen LogP contribution in [0, 0.1) is 5.92 Å². The molecule has 1 aliphatic rings. The van der Waals surface area contributed by atoms with E-state index in [1.165, 1.54) is 0 Å². The van der Waals surface area contributed by atoms with Crippen LogP contribution in [-0.4, -0.2) is 36.4 Å². The number of aliphatic hydroxyl groups excluding tert-OH is 1. The fraction of sp³-hybridized carbons (Fsp3) is 0.438. The minimum Gasteiger partial charge on any atom is -0.497 e. The molecule has 0 aliphatic carbocycles. The first-order chi connectivity index (χ1) is 9.69. The molecular formula is C16H20N2O2. The largest absolute Gasteiger partial charge is 0.497 e. The van der Waals surface area contributed by atoms with Gasteiger partial charge in [-0.2, -0.15) is 0 Å². The lowest BCUT2D eigenvalue weighted by atomic mass is 9.96. The highest BCUT2D eigenvalue weighted by molar-refractivity contribution is 5.93. The minimum atomic E-state index is -0.279. The van der Waals surface area contributed by atoms with Crippen LogP contribution in [-0.2, 0) is 0 Å². The Morgan fingerprint density at radius 1 is 1.35 bits per heavy atom. The molecule has 0 saturated carbocycles. The molecule has 0 spiro atoms. The van der Waals surface area contributed by atoms with Gasteiger partial charge in [-0.25, -0.2) is 4.98 Å². The molecule has 0 amide bonds. The van der Waals surface area contributed by atoms with Crippen molar-refractivity contribution in [2.24, 2.45) is 5.92 Å². The first-order valence-corrected chi connectivity index (χ1v) is 7.05. The van der Waals surface area contributed by atoms with Crippen LogP contribution in [0.15, 0.2) is 30.5 Å².